The highest BCUT2D eigenvalue weighted by atomic mass is 16.4. The van der Waals surface area contributed by atoms with Gasteiger partial charge in [0.15, 0.2) is 5.84 Å². The number of nitrogens with zero attached hydrogens (tertiary/aromatic N) is 4. The number of hydrogen-bond acceptors (Lipinski definition) is 6. The van der Waals surface area contributed by atoms with Crippen LogP contribution in [0.2, 0.25) is 0 Å². The van der Waals surface area contributed by atoms with Crippen molar-refractivity contribution in [1.82, 2.24) is 9.97 Å². The number of piperidine rings is 1. The van der Waals surface area contributed by atoms with Gasteiger partial charge in [0.1, 0.15) is 11.5 Å². The Kier molecular flexibility index (Phi) is 3.93. The predicted molar refractivity (Wildman–Crippen MR) is 66.6 cm³/mol. The van der Waals surface area contributed by atoms with Crippen molar-refractivity contribution in [1.29, 1.82) is 0 Å². The molecular weight excluding hydrogens is 234 g/mol. The molecule has 1 saturated heterocycles. The first-order valence-electron chi connectivity index (χ1n) is 5.90. The number of aromatic nitrogens is 2. The van der Waals surface area contributed by atoms with E-state index in [0.29, 0.717) is 11.6 Å². The zero-order chi connectivity index (χ0) is 13.0. The van der Waals surface area contributed by atoms with Gasteiger partial charge in [-0.15, -0.1) is 0 Å². The molecular formula is C11H17N5O2. The molecule has 0 spiro atoms. The Bertz CT molecular complexity index is 412. The molecule has 0 aliphatic carbocycles. The van der Waals surface area contributed by atoms with Crippen LogP contribution in [0.1, 0.15) is 18.5 Å². The minimum atomic E-state index is -0.0481. The van der Waals surface area contributed by atoms with Gasteiger partial charge in [0.25, 0.3) is 0 Å². The third kappa shape index (κ3) is 2.67. The average Bonchev–Trinajstić information content (AvgIpc) is 2.47. The van der Waals surface area contributed by atoms with E-state index in [0.717, 1.165) is 31.7 Å². The molecule has 7 nitrogen and oxygen atoms in total. The van der Waals surface area contributed by atoms with Crippen LogP contribution in [0.4, 0.5) is 5.82 Å². The number of oxime groups is 1. The number of aliphatic hydroxyl groups excluding tert-OH is 1. The first-order chi connectivity index (χ1) is 8.74. The standard InChI is InChI=1S/C11H17N5O2/c12-11(15-18)9-5-14-10(6-13-9)16-3-1-8(7-17)2-4-16/h5-6,8,17-18H,1-4,7H2,(H2,12,15). The van der Waals surface area contributed by atoms with Crippen LogP contribution in [0, 0.1) is 5.92 Å². The molecule has 98 valence electrons. The van der Waals surface area contributed by atoms with E-state index in [1.165, 1.54) is 6.20 Å². The molecule has 0 unspecified atom stereocenters. The van der Waals surface area contributed by atoms with Crippen molar-refractivity contribution in [3.63, 3.8) is 0 Å². The average molecular weight is 251 g/mol. The summed E-state index contributed by atoms with van der Waals surface area (Å²) in [7, 11) is 0. The van der Waals surface area contributed by atoms with Gasteiger partial charge >= 0.3 is 0 Å². The predicted octanol–water partition coefficient (Wildman–Crippen LogP) is -0.220. The van der Waals surface area contributed by atoms with Gasteiger partial charge in [0, 0.05) is 19.7 Å². The molecule has 1 aliphatic heterocycles. The smallest absolute Gasteiger partial charge is 0.190 e. The monoisotopic (exact) mass is 251 g/mol. The molecule has 1 fully saturated rings. The largest absolute Gasteiger partial charge is 0.409 e. The van der Waals surface area contributed by atoms with Crippen molar-refractivity contribution >= 4 is 11.7 Å². The van der Waals surface area contributed by atoms with Crippen LogP contribution in [-0.2, 0) is 0 Å². The molecule has 0 radical (unpaired) electrons. The summed E-state index contributed by atoms with van der Waals surface area (Å²) in [4.78, 5) is 10.5. The lowest BCUT2D eigenvalue weighted by molar-refractivity contribution is 0.203. The lowest BCUT2D eigenvalue weighted by Crippen LogP contribution is -2.35. The summed E-state index contributed by atoms with van der Waals surface area (Å²) in [6.07, 6.45) is 5.02. The highest BCUT2D eigenvalue weighted by Crippen LogP contribution is 2.20. The van der Waals surface area contributed by atoms with Gasteiger partial charge in [0.2, 0.25) is 0 Å². The molecule has 2 heterocycles. The number of aliphatic hydroxyl groups is 1. The molecule has 4 N–H and O–H groups in total. The second-order valence-corrected chi connectivity index (χ2v) is 4.36. The second-order valence-electron chi connectivity index (χ2n) is 4.36. The number of hydrogen-bond donors (Lipinski definition) is 3. The Balaban J connectivity index is 2.02. The zero-order valence-electron chi connectivity index (χ0n) is 10.0. The third-order valence-corrected chi connectivity index (χ3v) is 3.21. The van der Waals surface area contributed by atoms with Crippen LogP contribution in [0.5, 0.6) is 0 Å². The highest BCUT2D eigenvalue weighted by molar-refractivity contribution is 5.94. The van der Waals surface area contributed by atoms with Gasteiger partial charge in [-0.25, -0.2) is 9.97 Å². The van der Waals surface area contributed by atoms with Crippen LogP contribution in [-0.4, -0.2) is 45.8 Å². The van der Waals surface area contributed by atoms with Gasteiger partial charge in [0.05, 0.1) is 12.4 Å². The minimum Gasteiger partial charge on any atom is -0.409 e. The molecule has 1 aromatic heterocycles. The Labute approximate surface area is 105 Å². The highest BCUT2D eigenvalue weighted by Gasteiger charge is 2.19. The number of anilines is 1. The van der Waals surface area contributed by atoms with Gasteiger partial charge in [-0.2, -0.15) is 0 Å². The van der Waals surface area contributed by atoms with Crippen molar-refractivity contribution in [2.75, 3.05) is 24.6 Å². The maximum absolute atomic E-state index is 9.08. The van der Waals surface area contributed by atoms with Crippen LogP contribution in [0.15, 0.2) is 17.5 Å². The molecule has 7 heteroatoms. The minimum absolute atomic E-state index is 0.0481. The first kappa shape index (κ1) is 12.6. The zero-order valence-corrected chi connectivity index (χ0v) is 10.0. The number of rotatable bonds is 3. The molecule has 0 saturated carbocycles. The van der Waals surface area contributed by atoms with Crippen molar-refractivity contribution in [2.24, 2.45) is 16.8 Å². The van der Waals surface area contributed by atoms with E-state index in [-0.39, 0.29) is 12.4 Å². The molecule has 1 aliphatic rings. The lowest BCUT2D eigenvalue weighted by Gasteiger charge is -2.31. The molecule has 0 amide bonds. The van der Waals surface area contributed by atoms with Gasteiger partial charge < -0.3 is 20.9 Å². The summed E-state index contributed by atoms with van der Waals surface area (Å²) in [6.45, 7) is 1.98. The van der Waals surface area contributed by atoms with Crippen LogP contribution < -0.4 is 10.6 Å². The Morgan fingerprint density at radius 2 is 2.11 bits per heavy atom. The van der Waals surface area contributed by atoms with E-state index in [1.807, 2.05) is 0 Å². The van der Waals surface area contributed by atoms with Crippen molar-refractivity contribution in [3.05, 3.63) is 18.1 Å². The molecule has 1 aromatic rings. The molecule has 0 atom stereocenters. The van der Waals surface area contributed by atoms with Crippen LogP contribution in [0.3, 0.4) is 0 Å². The van der Waals surface area contributed by atoms with Crippen molar-refractivity contribution in [3.8, 4) is 0 Å². The summed E-state index contributed by atoms with van der Waals surface area (Å²) in [5.74, 6) is 1.12. The summed E-state index contributed by atoms with van der Waals surface area (Å²) in [6, 6.07) is 0. The van der Waals surface area contributed by atoms with Crippen LogP contribution >= 0.6 is 0 Å². The van der Waals surface area contributed by atoms with E-state index >= 15 is 0 Å². The molecule has 0 bridgehead atoms. The molecule has 2 rings (SSSR count). The van der Waals surface area contributed by atoms with Gasteiger partial charge in [-0.3, -0.25) is 0 Å². The van der Waals surface area contributed by atoms with Gasteiger partial charge in [-0.1, -0.05) is 5.16 Å². The fraction of sp³-hybridized carbons (Fsp3) is 0.545. The number of amidine groups is 1. The quantitative estimate of drug-likeness (QED) is 0.297. The molecule has 0 aromatic carbocycles. The fourth-order valence-electron chi connectivity index (χ4n) is 2.01. The maximum Gasteiger partial charge on any atom is 0.190 e. The third-order valence-electron chi connectivity index (χ3n) is 3.21. The first-order valence-corrected chi connectivity index (χ1v) is 5.90. The van der Waals surface area contributed by atoms with Crippen molar-refractivity contribution < 1.29 is 10.3 Å². The van der Waals surface area contributed by atoms with E-state index in [4.69, 9.17) is 16.0 Å². The van der Waals surface area contributed by atoms with Crippen molar-refractivity contribution in [2.45, 2.75) is 12.8 Å². The van der Waals surface area contributed by atoms with Crippen LogP contribution in [0.25, 0.3) is 0 Å². The summed E-state index contributed by atoms with van der Waals surface area (Å²) >= 11 is 0. The SMILES string of the molecule is NC(=NO)c1cnc(N2CCC(CO)CC2)cn1. The van der Waals surface area contributed by atoms with E-state index < -0.39 is 0 Å². The van der Waals surface area contributed by atoms with E-state index in [2.05, 4.69) is 20.0 Å². The summed E-state index contributed by atoms with van der Waals surface area (Å²) in [5, 5.41) is 20.5. The lowest BCUT2D eigenvalue weighted by atomic mass is 9.98. The Hall–Kier alpha value is -1.89. The maximum atomic E-state index is 9.08. The Morgan fingerprint density at radius 3 is 2.61 bits per heavy atom. The Morgan fingerprint density at radius 1 is 1.39 bits per heavy atom. The van der Waals surface area contributed by atoms with E-state index in [1.54, 1.807) is 6.20 Å². The summed E-state index contributed by atoms with van der Waals surface area (Å²) < 4.78 is 0. The molecule has 18 heavy (non-hydrogen) atoms. The summed E-state index contributed by atoms with van der Waals surface area (Å²) in [5.41, 5.74) is 5.77. The normalized spacial score (nSPS) is 18.1. The number of nitrogens with two attached hydrogens (primary N) is 1. The fourth-order valence-corrected chi connectivity index (χ4v) is 2.01. The van der Waals surface area contributed by atoms with E-state index in [9.17, 15) is 0 Å². The van der Waals surface area contributed by atoms with Gasteiger partial charge in [-0.05, 0) is 18.8 Å². The second kappa shape index (κ2) is 5.63. The topological polar surface area (TPSA) is 108 Å².